The summed E-state index contributed by atoms with van der Waals surface area (Å²) in [5.41, 5.74) is 2.12. The number of H-pyrrole nitrogens is 1. The highest BCUT2D eigenvalue weighted by atomic mass is 16.5. The zero-order valence-electron chi connectivity index (χ0n) is 12.6. The number of amides is 1. The predicted molar refractivity (Wildman–Crippen MR) is 80.4 cm³/mol. The first-order chi connectivity index (χ1) is 10.4. The molecule has 1 aromatic carbocycles. The molecule has 0 aliphatic heterocycles. The molecule has 0 atom stereocenters. The molecule has 6 nitrogen and oxygen atoms in total. The summed E-state index contributed by atoms with van der Waals surface area (Å²) in [4.78, 5) is 26.5. The van der Waals surface area contributed by atoms with Gasteiger partial charge in [0, 0.05) is 17.2 Å². The number of pyridine rings is 1. The SMILES string of the molecule is COc1ccc(C(=O)O)c(NC(=O)c2ccc(C)c[nH+]2)c1C. The lowest BCUT2D eigenvalue weighted by molar-refractivity contribution is -0.382. The summed E-state index contributed by atoms with van der Waals surface area (Å²) >= 11 is 0. The summed E-state index contributed by atoms with van der Waals surface area (Å²) in [5, 5.41) is 11.9. The van der Waals surface area contributed by atoms with Crippen LogP contribution in [0.25, 0.3) is 0 Å². The molecule has 0 radical (unpaired) electrons. The van der Waals surface area contributed by atoms with Crippen molar-refractivity contribution in [3.05, 3.63) is 52.8 Å². The molecule has 114 valence electrons. The van der Waals surface area contributed by atoms with Crippen LogP contribution in [0.5, 0.6) is 5.75 Å². The number of nitrogens with one attached hydrogen (secondary N) is 2. The number of aromatic amines is 1. The number of aromatic carboxylic acids is 1. The average molecular weight is 301 g/mol. The van der Waals surface area contributed by atoms with Crippen molar-refractivity contribution in [1.82, 2.24) is 0 Å². The molecule has 0 aliphatic rings. The zero-order chi connectivity index (χ0) is 16.3. The van der Waals surface area contributed by atoms with Gasteiger partial charge in [-0.2, -0.15) is 0 Å². The number of carbonyl (C=O) groups excluding carboxylic acids is 1. The number of benzene rings is 1. The minimum absolute atomic E-state index is 0.0127. The molecule has 22 heavy (non-hydrogen) atoms. The number of carbonyl (C=O) groups is 2. The maximum absolute atomic E-state index is 12.3. The van der Waals surface area contributed by atoms with Crippen LogP contribution in [-0.2, 0) is 0 Å². The number of rotatable bonds is 4. The lowest BCUT2D eigenvalue weighted by Crippen LogP contribution is -2.24. The van der Waals surface area contributed by atoms with Crippen molar-refractivity contribution in [1.29, 1.82) is 0 Å². The van der Waals surface area contributed by atoms with E-state index in [1.54, 1.807) is 31.3 Å². The molecule has 0 fully saturated rings. The number of anilines is 1. The molecule has 0 saturated carbocycles. The molecule has 1 aromatic heterocycles. The third kappa shape index (κ3) is 3.06. The van der Waals surface area contributed by atoms with Gasteiger partial charge in [0.1, 0.15) is 5.75 Å². The van der Waals surface area contributed by atoms with E-state index in [0.29, 0.717) is 17.0 Å². The van der Waals surface area contributed by atoms with Crippen LogP contribution in [0.1, 0.15) is 32.0 Å². The Labute approximate surface area is 127 Å². The molecule has 0 saturated heterocycles. The fourth-order valence-electron chi connectivity index (χ4n) is 2.08. The molecule has 0 unspecified atom stereocenters. The third-order valence-electron chi connectivity index (χ3n) is 3.32. The van der Waals surface area contributed by atoms with Crippen molar-refractivity contribution >= 4 is 17.6 Å². The molecule has 0 bridgehead atoms. The minimum atomic E-state index is -1.12. The largest absolute Gasteiger partial charge is 0.496 e. The van der Waals surface area contributed by atoms with Gasteiger partial charge >= 0.3 is 11.9 Å². The minimum Gasteiger partial charge on any atom is -0.496 e. The first-order valence-electron chi connectivity index (χ1n) is 6.64. The molecule has 3 N–H and O–H groups in total. The molecule has 6 heteroatoms. The quantitative estimate of drug-likeness (QED) is 0.904. The van der Waals surface area contributed by atoms with Gasteiger partial charge in [0.2, 0.25) is 0 Å². The second kappa shape index (κ2) is 6.26. The highest BCUT2D eigenvalue weighted by Crippen LogP contribution is 2.29. The fraction of sp³-hybridized carbons (Fsp3) is 0.188. The van der Waals surface area contributed by atoms with E-state index < -0.39 is 11.9 Å². The standard InChI is InChI=1S/C16H16N2O4/c1-9-4-6-12(17-8-9)15(19)18-14-10(2)13(22-3)7-5-11(14)16(20)21/h4-8H,1-3H3,(H,18,19)(H,20,21)/p+1. The van der Waals surface area contributed by atoms with Gasteiger partial charge in [-0.15, -0.1) is 0 Å². The Morgan fingerprint density at radius 1 is 1.18 bits per heavy atom. The van der Waals surface area contributed by atoms with E-state index in [4.69, 9.17) is 4.74 Å². The van der Waals surface area contributed by atoms with Crippen molar-refractivity contribution in [2.24, 2.45) is 0 Å². The average Bonchev–Trinajstić information content (AvgIpc) is 2.49. The molecule has 1 heterocycles. The molecular formula is C16H17N2O4+. The van der Waals surface area contributed by atoms with Crippen LogP contribution in [0.2, 0.25) is 0 Å². The molecule has 2 aromatic rings. The van der Waals surface area contributed by atoms with E-state index in [9.17, 15) is 14.7 Å². The van der Waals surface area contributed by atoms with Gasteiger partial charge in [0.15, 0.2) is 6.20 Å². The molecule has 0 spiro atoms. The highest BCUT2D eigenvalue weighted by Gasteiger charge is 2.20. The van der Waals surface area contributed by atoms with Gasteiger partial charge in [-0.05, 0) is 32.0 Å². The topological polar surface area (TPSA) is 89.8 Å². The number of carboxylic acids is 1. The second-order valence-electron chi connectivity index (χ2n) is 4.85. The Morgan fingerprint density at radius 3 is 2.45 bits per heavy atom. The van der Waals surface area contributed by atoms with Crippen molar-refractivity contribution < 1.29 is 24.4 Å². The number of aryl methyl sites for hydroxylation is 1. The third-order valence-corrected chi connectivity index (χ3v) is 3.32. The van der Waals surface area contributed by atoms with Gasteiger partial charge in [-0.3, -0.25) is 4.79 Å². The van der Waals surface area contributed by atoms with Crippen LogP contribution in [0.15, 0.2) is 30.5 Å². The Bertz CT molecular complexity index is 724. The maximum Gasteiger partial charge on any atom is 0.337 e. The van der Waals surface area contributed by atoms with Gasteiger partial charge in [-0.1, -0.05) is 0 Å². The van der Waals surface area contributed by atoms with Gasteiger partial charge in [0.25, 0.3) is 5.69 Å². The first-order valence-corrected chi connectivity index (χ1v) is 6.64. The summed E-state index contributed by atoms with van der Waals surface area (Å²) in [7, 11) is 1.49. The summed E-state index contributed by atoms with van der Waals surface area (Å²) in [6, 6.07) is 6.40. The molecule has 1 amide bonds. The van der Waals surface area contributed by atoms with Crippen LogP contribution in [-0.4, -0.2) is 24.1 Å². The number of aromatic nitrogens is 1. The van der Waals surface area contributed by atoms with E-state index in [1.165, 1.54) is 13.2 Å². The van der Waals surface area contributed by atoms with Crippen molar-refractivity contribution in [2.45, 2.75) is 13.8 Å². The van der Waals surface area contributed by atoms with Crippen molar-refractivity contribution in [3.63, 3.8) is 0 Å². The highest BCUT2D eigenvalue weighted by molar-refractivity contribution is 6.07. The lowest BCUT2D eigenvalue weighted by Gasteiger charge is -2.13. The van der Waals surface area contributed by atoms with Gasteiger partial charge in [-0.25, -0.2) is 9.78 Å². The summed E-state index contributed by atoms with van der Waals surface area (Å²) < 4.78 is 5.17. The molecule has 0 aliphatic carbocycles. The zero-order valence-corrected chi connectivity index (χ0v) is 12.6. The van der Waals surface area contributed by atoms with E-state index in [0.717, 1.165) is 5.56 Å². The summed E-state index contributed by atoms with van der Waals surface area (Å²) in [5.74, 6) is -1.03. The van der Waals surface area contributed by atoms with Gasteiger partial charge < -0.3 is 15.2 Å². The van der Waals surface area contributed by atoms with Crippen LogP contribution in [0.4, 0.5) is 5.69 Å². The summed E-state index contributed by atoms with van der Waals surface area (Å²) in [6.07, 6.45) is 1.70. The van der Waals surface area contributed by atoms with Crippen LogP contribution >= 0.6 is 0 Å². The smallest absolute Gasteiger partial charge is 0.337 e. The fourth-order valence-corrected chi connectivity index (χ4v) is 2.08. The molecular weight excluding hydrogens is 284 g/mol. The van der Waals surface area contributed by atoms with E-state index in [1.807, 2.05) is 6.92 Å². The Hall–Kier alpha value is -2.89. The van der Waals surface area contributed by atoms with Crippen molar-refractivity contribution in [2.75, 3.05) is 12.4 Å². The number of methoxy groups -OCH3 is 1. The number of carboxylic acid groups (broad SMARTS) is 1. The first kappa shape index (κ1) is 15.5. The van der Waals surface area contributed by atoms with E-state index >= 15 is 0 Å². The van der Waals surface area contributed by atoms with Gasteiger partial charge in [0.05, 0.1) is 18.4 Å². The number of hydrogen-bond acceptors (Lipinski definition) is 3. The normalized spacial score (nSPS) is 10.1. The Kier molecular flexibility index (Phi) is 4.41. The second-order valence-corrected chi connectivity index (χ2v) is 4.85. The van der Waals surface area contributed by atoms with Crippen LogP contribution < -0.4 is 15.0 Å². The predicted octanol–water partition coefficient (Wildman–Crippen LogP) is 2.08. The monoisotopic (exact) mass is 301 g/mol. The maximum atomic E-state index is 12.3. The summed E-state index contributed by atoms with van der Waals surface area (Å²) in [6.45, 7) is 3.59. The van der Waals surface area contributed by atoms with Crippen LogP contribution in [0, 0.1) is 13.8 Å². The number of ether oxygens (including phenoxy) is 1. The Morgan fingerprint density at radius 2 is 1.91 bits per heavy atom. The number of hydrogen-bond donors (Lipinski definition) is 2. The Balaban J connectivity index is 2.41. The van der Waals surface area contributed by atoms with Crippen LogP contribution in [0.3, 0.4) is 0 Å². The molecule has 2 rings (SSSR count). The lowest BCUT2D eigenvalue weighted by atomic mass is 10.1. The van der Waals surface area contributed by atoms with E-state index in [2.05, 4.69) is 10.3 Å². The van der Waals surface area contributed by atoms with E-state index in [-0.39, 0.29) is 11.3 Å². The van der Waals surface area contributed by atoms with Crippen molar-refractivity contribution in [3.8, 4) is 5.75 Å².